The van der Waals surface area contributed by atoms with Gasteiger partial charge in [0.1, 0.15) is 11.6 Å². The van der Waals surface area contributed by atoms with Gasteiger partial charge in [-0.05, 0) is 24.3 Å². The molecule has 0 unspecified atom stereocenters. The van der Waals surface area contributed by atoms with Crippen LogP contribution in [0, 0.1) is 0 Å². The lowest BCUT2D eigenvalue weighted by atomic mass is 10.2. The van der Waals surface area contributed by atoms with Gasteiger partial charge in [-0.25, -0.2) is 4.98 Å². The number of hydrogen-bond donors (Lipinski definition) is 3. The van der Waals surface area contributed by atoms with Gasteiger partial charge < -0.3 is 16.2 Å². The highest BCUT2D eigenvalue weighted by Crippen LogP contribution is 2.23. The van der Waals surface area contributed by atoms with E-state index in [1.807, 2.05) is 0 Å². The van der Waals surface area contributed by atoms with E-state index in [4.69, 9.17) is 17.3 Å². The number of aromatic hydroxyl groups is 1. The summed E-state index contributed by atoms with van der Waals surface area (Å²) in [6.07, 6.45) is 1.58. The van der Waals surface area contributed by atoms with E-state index in [0.717, 1.165) is 5.56 Å². The minimum atomic E-state index is -0.324. The van der Waals surface area contributed by atoms with Crippen molar-refractivity contribution in [3.8, 4) is 5.75 Å². The van der Waals surface area contributed by atoms with Crippen molar-refractivity contribution in [3.05, 3.63) is 52.7 Å². The van der Waals surface area contributed by atoms with Gasteiger partial charge in [-0.3, -0.25) is 4.79 Å². The lowest BCUT2D eigenvalue weighted by Crippen LogP contribution is -2.23. The molecule has 1 amide bonds. The van der Waals surface area contributed by atoms with Crippen LogP contribution in [0.2, 0.25) is 5.02 Å². The molecule has 0 radical (unpaired) electrons. The molecular formula is C13H12ClN3O2. The number of phenols is 1. The molecule has 98 valence electrons. The number of nitrogens with one attached hydrogen (secondary N) is 1. The van der Waals surface area contributed by atoms with Crippen LogP contribution < -0.4 is 11.1 Å². The summed E-state index contributed by atoms with van der Waals surface area (Å²) >= 11 is 5.67. The highest BCUT2D eigenvalue weighted by atomic mass is 35.5. The van der Waals surface area contributed by atoms with Gasteiger partial charge in [0.05, 0.1) is 5.02 Å². The fourth-order valence-corrected chi connectivity index (χ4v) is 1.65. The van der Waals surface area contributed by atoms with Crippen LogP contribution in [0.1, 0.15) is 15.9 Å². The van der Waals surface area contributed by atoms with E-state index >= 15 is 0 Å². The second-order valence-corrected chi connectivity index (χ2v) is 4.30. The summed E-state index contributed by atoms with van der Waals surface area (Å²) in [6, 6.07) is 7.83. The van der Waals surface area contributed by atoms with Crippen LogP contribution in [0.4, 0.5) is 5.82 Å². The molecule has 0 spiro atoms. The van der Waals surface area contributed by atoms with Crippen LogP contribution in [0.5, 0.6) is 5.75 Å². The average Bonchev–Trinajstić information content (AvgIpc) is 2.40. The van der Waals surface area contributed by atoms with Crippen LogP contribution >= 0.6 is 11.6 Å². The zero-order valence-electron chi connectivity index (χ0n) is 9.93. The molecule has 0 saturated carbocycles. The van der Waals surface area contributed by atoms with Crippen molar-refractivity contribution in [1.82, 2.24) is 10.3 Å². The van der Waals surface area contributed by atoms with Crippen molar-refractivity contribution in [1.29, 1.82) is 0 Å². The van der Waals surface area contributed by atoms with Gasteiger partial charge in [-0.2, -0.15) is 0 Å². The Kier molecular flexibility index (Phi) is 3.87. The summed E-state index contributed by atoms with van der Waals surface area (Å²) in [5.74, 6) is -0.0767. The van der Waals surface area contributed by atoms with Crippen molar-refractivity contribution in [3.63, 3.8) is 0 Å². The fraction of sp³-hybridized carbons (Fsp3) is 0.0769. The third-order valence-electron chi connectivity index (χ3n) is 2.57. The number of nitrogen functional groups attached to an aromatic ring is 1. The molecule has 0 saturated heterocycles. The SMILES string of the molecule is Nc1ncccc1CNC(=O)c1ccc(Cl)c(O)c1. The van der Waals surface area contributed by atoms with Crippen LogP contribution in [0.25, 0.3) is 0 Å². The predicted octanol–water partition coefficient (Wildman–Crippen LogP) is 1.95. The van der Waals surface area contributed by atoms with E-state index in [1.54, 1.807) is 18.3 Å². The highest BCUT2D eigenvalue weighted by molar-refractivity contribution is 6.32. The van der Waals surface area contributed by atoms with Gasteiger partial charge in [0, 0.05) is 23.9 Å². The number of rotatable bonds is 3. The summed E-state index contributed by atoms with van der Waals surface area (Å²) in [5.41, 5.74) is 6.72. The van der Waals surface area contributed by atoms with Crippen molar-refractivity contribution < 1.29 is 9.90 Å². The molecule has 0 atom stereocenters. The average molecular weight is 278 g/mol. The lowest BCUT2D eigenvalue weighted by molar-refractivity contribution is 0.0950. The van der Waals surface area contributed by atoms with Crippen LogP contribution in [0.15, 0.2) is 36.5 Å². The number of aromatic nitrogens is 1. The Morgan fingerprint density at radius 1 is 1.42 bits per heavy atom. The Bertz CT molecular complexity index is 617. The number of halogens is 1. The molecule has 1 heterocycles. The molecule has 0 bridgehead atoms. The molecule has 19 heavy (non-hydrogen) atoms. The molecular weight excluding hydrogens is 266 g/mol. The number of benzene rings is 1. The monoisotopic (exact) mass is 277 g/mol. The first kappa shape index (κ1) is 13.2. The molecule has 6 heteroatoms. The third kappa shape index (κ3) is 3.14. The zero-order chi connectivity index (χ0) is 13.8. The summed E-state index contributed by atoms with van der Waals surface area (Å²) in [4.78, 5) is 15.8. The van der Waals surface area contributed by atoms with Crippen molar-refractivity contribution in [2.45, 2.75) is 6.54 Å². The molecule has 0 aliphatic rings. The van der Waals surface area contributed by atoms with Gasteiger partial charge in [0.2, 0.25) is 0 Å². The van der Waals surface area contributed by atoms with E-state index in [1.165, 1.54) is 18.2 Å². The van der Waals surface area contributed by atoms with E-state index in [9.17, 15) is 9.90 Å². The smallest absolute Gasteiger partial charge is 0.251 e. The van der Waals surface area contributed by atoms with E-state index in [0.29, 0.717) is 11.4 Å². The standard InChI is InChI=1S/C13H12ClN3O2/c14-10-4-3-8(6-11(10)18)13(19)17-7-9-2-1-5-16-12(9)15/h1-6,18H,7H2,(H2,15,16)(H,17,19). The van der Waals surface area contributed by atoms with E-state index < -0.39 is 0 Å². The second-order valence-electron chi connectivity index (χ2n) is 3.90. The Morgan fingerprint density at radius 3 is 2.89 bits per heavy atom. The van der Waals surface area contributed by atoms with Crippen molar-refractivity contribution in [2.24, 2.45) is 0 Å². The second kappa shape index (κ2) is 5.58. The first-order valence-corrected chi connectivity index (χ1v) is 5.92. The number of nitrogens with two attached hydrogens (primary N) is 1. The highest BCUT2D eigenvalue weighted by Gasteiger charge is 2.09. The van der Waals surface area contributed by atoms with Gasteiger partial charge in [-0.1, -0.05) is 17.7 Å². The maximum atomic E-state index is 11.9. The van der Waals surface area contributed by atoms with Crippen LogP contribution in [-0.4, -0.2) is 16.0 Å². The van der Waals surface area contributed by atoms with E-state index in [2.05, 4.69) is 10.3 Å². The number of amides is 1. The van der Waals surface area contributed by atoms with Gasteiger partial charge >= 0.3 is 0 Å². The molecule has 0 aliphatic heterocycles. The predicted molar refractivity (Wildman–Crippen MR) is 72.9 cm³/mol. The Labute approximate surface area is 115 Å². The topological polar surface area (TPSA) is 88.2 Å². The summed E-state index contributed by atoms with van der Waals surface area (Å²) < 4.78 is 0. The number of pyridine rings is 1. The molecule has 2 rings (SSSR count). The molecule has 5 nitrogen and oxygen atoms in total. The minimum Gasteiger partial charge on any atom is -0.506 e. The van der Waals surface area contributed by atoms with E-state index in [-0.39, 0.29) is 23.2 Å². The number of phenolic OH excluding ortho intramolecular Hbond substituents is 1. The fourth-order valence-electron chi connectivity index (χ4n) is 1.53. The van der Waals surface area contributed by atoms with Gasteiger partial charge in [0.25, 0.3) is 5.91 Å². The van der Waals surface area contributed by atoms with Crippen molar-refractivity contribution >= 4 is 23.3 Å². The Hall–Kier alpha value is -2.27. The maximum Gasteiger partial charge on any atom is 0.251 e. The molecule has 0 fully saturated rings. The summed E-state index contributed by atoms with van der Waals surface area (Å²) in [7, 11) is 0. The molecule has 1 aromatic heterocycles. The summed E-state index contributed by atoms with van der Waals surface area (Å²) in [6.45, 7) is 0.266. The number of anilines is 1. The Balaban J connectivity index is 2.05. The minimum absolute atomic E-state index is 0.129. The van der Waals surface area contributed by atoms with Crippen LogP contribution in [0.3, 0.4) is 0 Å². The quantitative estimate of drug-likeness (QED) is 0.800. The van der Waals surface area contributed by atoms with Crippen LogP contribution in [-0.2, 0) is 6.54 Å². The molecule has 4 N–H and O–H groups in total. The lowest BCUT2D eigenvalue weighted by Gasteiger charge is -2.07. The third-order valence-corrected chi connectivity index (χ3v) is 2.89. The number of carbonyl (C=O) groups excluding carboxylic acids is 1. The first-order chi connectivity index (χ1) is 9.08. The van der Waals surface area contributed by atoms with Gasteiger partial charge in [-0.15, -0.1) is 0 Å². The molecule has 1 aromatic carbocycles. The normalized spacial score (nSPS) is 10.2. The summed E-state index contributed by atoms with van der Waals surface area (Å²) in [5, 5.41) is 12.3. The number of carbonyl (C=O) groups is 1. The Morgan fingerprint density at radius 2 is 2.21 bits per heavy atom. The first-order valence-electron chi connectivity index (χ1n) is 5.54. The largest absolute Gasteiger partial charge is 0.506 e. The van der Waals surface area contributed by atoms with Gasteiger partial charge in [0.15, 0.2) is 0 Å². The number of nitrogens with zero attached hydrogens (tertiary/aromatic N) is 1. The molecule has 0 aliphatic carbocycles. The zero-order valence-corrected chi connectivity index (χ0v) is 10.7. The van der Waals surface area contributed by atoms with Crippen molar-refractivity contribution in [2.75, 3.05) is 5.73 Å². The maximum absolute atomic E-state index is 11.9. The molecule has 2 aromatic rings. The number of hydrogen-bond acceptors (Lipinski definition) is 4.